The van der Waals surface area contributed by atoms with Gasteiger partial charge in [-0.3, -0.25) is 0 Å². The summed E-state index contributed by atoms with van der Waals surface area (Å²) in [5.74, 6) is 0.588. The minimum absolute atomic E-state index is 0.588. The summed E-state index contributed by atoms with van der Waals surface area (Å²) in [7, 11) is 0. The third-order valence-electron chi connectivity index (χ3n) is 3.92. The molecule has 1 atom stereocenters. The maximum atomic E-state index is 3.98. The molecule has 0 spiro atoms. The Kier molecular flexibility index (Phi) is 3.83. The summed E-state index contributed by atoms with van der Waals surface area (Å²) < 4.78 is 0. The van der Waals surface area contributed by atoms with Crippen molar-refractivity contribution in [3.05, 3.63) is 59.3 Å². The van der Waals surface area contributed by atoms with Gasteiger partial charge in [0.15, 0.2) is 0 Å². The van der Waals surface area contributed by atoms with E-state index in [9.17, 15) is 0 Å². The first-order valence-corrected chi connectivity index (χ1v) is 6.60. The van der Waals surface area contributed by atoms with Gasteiger partial charge in [0.25, 0.3) is 0 Å². The summed E-state index contributed by atoms with van der Waals surface area (Å²) in [5.41, 5.74) is 6.16. The molecule has 0 radical (unpaired) electrons. The van der Waals surface area contributed by atoms with E-state index in [1.165, 1.54) is 36.8 Å². The fourth-order valence-corrected chi connectivity index (χ4v) is 2.94. The van der Waals surface area contributed by atoms with Gasteiger partial charge in [0.05, 0.1) is 0 Å². The predicted molar refractivity (Wildman–Crippen MR) is 75.8 cm³/mol. The van der Waals surface area contributed by atoms with Gasteiger partial charge in [-0.2, -0.15) is 0 Å². The van der Waals surface area contributed by atoms with Crippen molar-refractivity contribution in [1.82, 2.24) is 0 Å². The molecule has 0 saturated heterocycles. The van der Waals surface area contributed by atoms with Crippen molar-refractivity contribution in [2.45, 2.75) is 39.5 Å². The molecule has 1 saturated carbocycles. The fraction of sp³-hybridized carbons (Fsp3) is 0.412. The van der Waals surface area contributed by atoms with Gasteiger partial charge in [0.2, 0.25) is 0 Å². The van der Waals surface area contributed by atoms with Crippen molar-refractivity contribution in [2.75, 3.05) is 0 Å². The number of fused-ring (bicyclic) bond motifs is 4. The Labute approximate surface area is 105 Å². The summed E-state index contributed by atoms with van der Waals surface area (Å²) in [6.45, 7) is 8.30. The summed E-state index contributed by atoms with van der Waals surface area (Å²) >= 11 is 0. The molecule has 3 aliphatic rings. The molecule has 2 bridgehead atoms. The molecule has 0 heterocycles. The summed E-state index contributed by atoms with van der Waals surface area (Å²) in [6, 6.07) is 0. The first-order chi connectivity index (χ1) is 8.26. The molecular formula is C17H22. The minimum atomic E-state index is 0.588. The van der Waals surface area contributed by atoms with Gasteiger partial charge in [-0.05, 0) is 45.1 Å². The van der Waals surface area contributed by atoms with Gasteiger partial charge in [-0.25, -0.2) is 0 Å². The van der Waals surface area contributed by atoms with E-state index in [1.54, 1.807) is 11.1 Å². The van der Waals surface area contributed by atoms with Gasteiger partial charge < -0.3 is 0 Å². The molecule has 17 heavy (non-hydrogen) atoms. The van der Waals surface area contributed by atoms with Crippen LogP contribution in [0.2, 0.25) is 0 Å². The van der Waals surface area contributed by atoms with E-state index >= 15 is 0 Å². The zero-order valence-electron chi connectivity index (χ0n) is 11.0. The van der Waals surface area contributed by atoms with E-state index in [0.29, 0.717) is 5.92 Å². The largest absolute Gasteiger partial charge is 0.0988 e. The molecule has 3 rings (SSSR count). The maximum absolute atomic E-state index is 3.98. The van der Waals surface area contributed by atoms with Crippen molar-refractivity contribution in [3.63, 3.8) is 0 Å². The third kappa shape index (κ3) is 2.52. The second kappa shape index (κ2) is 5.35. The van der Waals surface area contributed by atoms with Crippen molar-refractivity contribution in [2.24, 2.45) is 5.92 Å². The second-order valence-electron chi connectivity index (χ2n) is 5.01. The number of allylic oxidation sites excluding steroid dienone is 9. The Morgan fingerprint density at radius 1 is 1.41 bits per heavy atom. The van der Waals surface area contributed by atoms with Crippen molar-refractivity contribution >= 4 is 0 Å². The molecule has 1 fully saturated rings. The van der Waals surface area contributed by atoms with Gasteiger partial charge in [0, 0.05) is 5.92 Å². The molecule has 0 nitrogen and oxygen atoms in total. The molecule has 0 aromatic rings. The second-order valence-corrected chi connectivity index (χ2v) is 5.01. The van der Waals surface area contributed by atoms with Gasteiger partial charge >= 0.3 is 0 Å². The van der Waals surface area contributed by atoms with Gasteiger partial charge in [-0.1, -0.05) is 53.7 Å². The van der Waals surface area contributed by atoms with Crippen LogP contribution >= 0.6 is 0 Å². The molecule has 0 aromatic heterocycles. The highest BCUT2D eigenvalue weighted by Crippen LogP contribution is 2.42. The molecule has 90 valence electrons. The van der Waals surface area contributed by atoms with Gasteiger partial charge in [0.1, 0.15) is 0 Å². The van der Waals surface area contributed by atoms with Crippen LogP contribution in [0.5, 0.6) is 0 Å². The standard InChI is InChI=1S/C17H22/c1-4-6-8-14(5-2)17-12-15-9-7-10-16(17)11-13(15)3/h4-6,8,11,17H,2,7,9-10,12H2,1,3H3/b6-4+,14-8+. The quantitative estimate of drug-likeness (QED) is 0.586. The van der Waals surface area contributed by atoms with Crippen LogP contribution in [0.4, 0.5) is 0 Å². The van der Waals surface area contributed by atoms with E-state index in [1.807, 2.05) is 6.08 Å². The number of hydrogen-bond acceptors (Lipinski definition) is 0. The summed E-state index contributed by atoms with van der Waals surface area (Å²) in [5, 5.41) is 0. The lowest BCUT2D eigenvalue weighted by atomic mass is 9.80. The zero-order valence-corrected chi connectivity index (χ0v) is 11.0. The lowest BCUT2D eigenvalue weighted by Crippen LogP contribution is -2.10. The molecule has 1 unspecified atom stereocenters. The van der Waals surface area contributed by atoms with Gasteiger partial charge in [-0.15, -0.1) is 0 Å². The minimum Gasteiger partial charge on any atom is -0.0988 e. The Balaban J connectivity index is 2.30. The van der Waals surface area contributed by atoms with Crippen molar-refractivity contribution in [3.8, 4) is 0 Å². The normalized spacial score (nSPS) is 25.2. The SMILES string of the molecule is C=C/C(=C\C=C\C)C1CC2=C(C)C=C1CCC2. The molecule has 0 amide bonds. The van der Waals surface area contributed by atoms with Crippen molar-refractivity contribution < 1.29 is 0 Å². The lowest BCUT2D eigenvalue weighted by molar-refractivity contribution is 0.694. The van der Waals surface area contributed by atoms with Crippen LogP contribution in [0.1, 0.15) is 39.5 Å². The monoisotopic (exact) mass is 226 g/mol. The van der Waals surface area contributed by atoms with Crippen LogP contribution in [-0.4, -0.2) is 0 Å². The van der Waals surface area contributed by atoms with E-state index in [4.69, 9.17) is 0 Å². The Bertz CT molecular complexity index is 427. The lowest BCUT2D eigenvalue weighted by Gasteiger charge is -2.24. The van der Waals surface area contributed by atoms with E-state index < -0.39 is 0 Å². The number of hydrogen-bond donors (Lipinski definition) is 0. The molecule has 0 aliphatic heterocycles. The zero-order chi connectivity index (χ0) is 12.3. The highest BCUT2D eigenvalue weighted by atomic mass is 14.3. The van der Waals surface area contributed by atoms with Crippen LogP contribution < -0.4 is 0 Å². The number of rotatable bonds is 3. The van der Waals surface area contributed by atoms with Crippen LogP contribution in [0.15, 0.2) is 59.3 Å². The first kappa shape index (κ1) is 12.2. The smallest absolute Gasteiger partial charge is 0.00885 e. The Morgan fingerprint density at radius 3 is 2.94 bits per heavy atom. The molecule has 3 aliphatic carbocycles. The molecule has 0 heteroatoms. The summed E-state index contributed by atoms with van der Waals surface area (Å²) in [4.78, 5) is 0. The fourth-order valence-electron chi connectivity index (χ4n) is 2.94. The predicted octanol–water partition coefficient (Wildman–Crippen LogP) is 5.12. The third-order valence-corrected chi connectivity index (χ3v) is 3.92. The Morgan fingerprint density at radius 2 is 2.24 bits per heavy atom. The molecule has 0 N–H and O–H groups in total. The van der Waals surface area contributed by atoms with Crippen molar-refractivity contribution in [1.29, 1.82) is 0 Å². The highest BCUT2D eigenvalue weighted by Gasteiger charge is 2.26. The Hall–Kier alpha value is -1.30. The van der Waals surface area contributed by atoms with Crippen LogP contribution in [0.3, 0.4) is 0 Å². The topological polar surface area (TPSA) is 0 Å². The molecular weight excluding hydrogens is 204 g/mol. The average Bonchev–Trinajstić information content (AvgIpc) is 2.63. The van der Waals surface area contributed by atoms with E-state index in [2.05, 4.69) is 44.7 Å². The van der Waals surface area contributed by atoms with Crippen LogP contribution in [0, 0.1) is 5.92 Å². The van der Waals surface area contributed by atoms with Crippen LogP contribution in [0.25, 0.3) is 0 Å². The van der Waals surface area contributed by atoms with E-state index in [0.717, 1.165) is 0 Å². The van der Waals surface area contributed by atoms with Crippen LogP contribution in [-0.2, 0) is 0 Å². The van der Waals surface area contributed by atoms with E-state index in [-0.39, 0.29) is 0 Å². The first-order valence-electron chi connectivity index (χ1n) is 6.60. The summed E-state index contributed by atoms with van der Waals surface area (Å²) in [6.07, 6.45) is 16.0. The highest BCUT2D eigenvalue weighted by molar-refractivity contribution is 5.43. The maximum Gasteiger partial charge on any atom is 0.00885 e. The average molecular weight is 226 g/mol. The molecule has 0 aromatic carbocycles.